The minimum Gasteiger partial charge on any atom is -0.489 e. The Bertz CT molecular complexity index is 577. The van der Waals surface area contributed by atoms with Gasteiger partial charge in [0.2, 0.25) is 0 Å². The average Bonchev–Trinajstić information content (AvgIpc) is 2.45. The first-order valence-electron chi connectivity index (χ1n) is 7.62. The fourth-order valence-electron chi connectivity index (χ4n) is 2.38. The summed E-state index contributed by atoms with van der Waals surface area (Å²) in [5.74, 6) is 1.45. The molecule has 0 aromatic heterocycles. The summed E-state index contributed by atoms with van der Waals surface area (Å²) in [5.41, 5.74) is 3.77. The summed E-state index contributed by atoms with van der Waals surface area (Å²) < 4.78 is 5.95. The molecule has 2 aromatic carbocycles. The molecule has 1 N–H and O–H groups in total. The summed E-state index contributed by atoms with van der Waals surface area (Å²) in [4.78, 5) is 0. The zero-order chi connectivity index (χ0) is 15.2. The van der Waals surface area contributed by atoms with Gasteiger partial charge in [-0.2, -0.15) is 0 Å². The fraction of sp³-hybridized carbons (Fsp3) is 0.368. The van der Waals surface area contributed by atoms with Crippen LogP contribution in [0.1, 0.15) is 37.8 Å². The van der Waals surface area contributed by atoms with Crippen LogP contribution in [-0.4, -0.2) is 12.6 Å². The van der Waals surface area contributed by atoms with Crippen LogP contribution in [0.15, 0.2) is 48.5 Å². The third kappa shape index (κ3) is 4.52. The molecule has 0 aliphatic heterocycles. The van der Waals surface area contributed by atoms with Crippen LogP contribution in [0.3, 0.4) is 0 Å². The van der Waals surface area contributed by atoms with Crippen molar-refractivity contribution in [2.24, 2.45) is 0 Å². The molecule has 2 aromatic rings. The van der Waals surface area contributed by atoms with Gasteiger partial charge in [-0.1, -0.05) is 44.2 Å². The topological polar surface area (TPSA) is 21.3 Å². The Kier molecular flexibility index (Phi) is 5.26. The van der Waals surface area contributed by atoms with E-state index in [0.29, 0.717) is 5.92 Å². The maximum atomic E-state index is 5.95. The van der Waals surface area contributed by atoms with Crippen LogP contribution in [0.2, 0.25) is 0 Å². The molecule has 0 heterocycles. The molecule has 2 rings (SSSR count). The van der Waals surface area contributed by atoms with Gasteiger partial charge in [-0.15, -0.1) is 0 Å². The molecule has 0 spiro atoms. The number of ether oxygens (including phenoxy) is 1. The Morgan fingerprint density at radius 3 is 2.48 bits per heavy atom. The zero-order valence-electron chi connectivity index (χ0n) is 13.4. The third-order valence-electron chi connectivity index (χ3n) is 3.49. The number of aryl methyl sites for hydroxylation is 1. The monoisotopic (exact) mass is 283 g/mol. The van der Waals surface area contributed by atoms with E-state index in [4.69, 9.17) is 4.74 Å². The Labute approximate surface area is 128 Å². The summed E-state index contributed by atoms with van der Waals surface area (Å²) in [6.45, 7) is 9.39. The molecule has 0 aliphatic rings. The lowest BCUT2D eigenvalue weighted by Gasteiger charge is -2.19. The maximum Gasteiger partial charge on any atom is 0.120 e. The van der Waals surface area contributed by atoms with E-state index in [0.717, 1.165) is 12.3 Å². The van der Waals surface area contributed by atoms with E-state index in [2.05, 4.69) is 69.4 Å². The molecule has 0 unspecified atom stereocenters. The molecular formula is C19H25NO. The fourth-order valence-corrected chi connectivity index (χ4v) is 2.38. The second-order valence-corrected chi connectivity index (χ2v) is 5.87. The van der Waals surface area contributed by atoms with Gasteiger partial charge in [-0.25, -0.2) is 0 Å². The number of anilines is 1. The molecule has 0 saturated carbocycles. The molecule has 112 valence electrons. The molecule has 2 heteroatoms. The first-order chi connectivity index (χ1) is 10.1. The van der Waals surface area contributed by atoms with Gasteiger partial charge in [0.1, 0.15) is 11.9 Å². The van der Waals surface area contributed by atoms with Crippen molar-refractivity contribution in [2.45, 2.75) is 39.7 Å². The van der Waals surface area contributed by atoms with Crippen molar-refractivity contribution in [3.8, 4) is 5.75 Å². The van der Waals surface area contributed by atoms with Crippen LogP contribution < -0.4 is 10.1 Å². The van der Waals surface area contributed by atoms with Gasteiger partial charge < -0.3 is 10.1 Å². The molecule has 0 saturated heterocycles. The lowest BCUT2D eigenvalue weighted by Crippen LogP contribution is -2.23. The van der Waals surface area contributed by atoms with E-state index < -0.39 is 0 Å². The summed E-state index contributed by atoms with van der Waals surface area (Å²) >= 11 is 0. The Balaban J connectivity index is 1.94. The minimum absolute atomic E-state index is 0.118. The maximum absolute atomic E-state index is 5.95. The van der Waals surface area contributed by atoms with Crippen LogP contribution in [0.5, 0.6) is 5.75 Å². The van der Waals surface area contributed by atoms with Crippen LogP contribution in [0.4, 0.5) is 5.69 Å². The largest absolute Gasteiger partial charge is 0.489 e. The van der Waals surface area contributed by atoms with Crippen LogP contribution in [-0.2, 0) is 0 Å². The van der Waals surface area contributed by atoms with Crippen LogP contribution in [0, 0.1) is 6.92 Å². The highest BCUT2D eigenvalue weighted by molar-refractivity contribution is 5.52. The van der Waals surface area contributed by atoms with Crippen molar-refractivity contribution in [1.82, 2.24) is 0 Å². The number of hydrogen-bond donors (Lipinski definition) is 1. The van der Waals surface area contributed by atoms with E-state index >= 15 is 0 Å². The van der Waals surface area contributed by atoms with Gasteiger partial charge in [0.05, 0.1) is 6.54 Å². The van der Waals surface area contributed by atoms with E-state index in [1.807, 2.05) is 12.1 Å². The Morgan fingerprint density at radius 1 is 1.00 bits per heavy atom. The summed E-state index contributed by atoms with van der Waals surface area (Å²) in [6, 6.07) is 16.7. The first-order valence-corrected chi connectivity index (χ1v) is 7.62. The summed E-state index contributed by atoms with van der Waals surface area (Å²) in [6.07, 6.45) is 0.118. The molecule has 2 nitrogen and oxygen atoms in total. The van der Waals surface area contributed by atoms with E-state index in [1.165, 1.54) is 16.8 Å². The van der Waals surface area contributed by atoms with Crippen molar-refractivity contribution in [1.29, 1.82) is 0 Å². The smallest absolute Gasteiger partial charge is 0.120 e. The van der Waals surface area contributed by atoms with Gasteiger partial charge in [-0.05, 0) is 49.1 Å². The average molecular weight is 283 g/mol. The number of rotatable bonds is 6. The summed E-state index contributed by atoms with van der Waals surface area (Å²) in [5, 5.41) is 3.50. The molecule has 0 amide bonds. The van der Waals surface area contributed by atoms with Crippen molar-refractivity contribution in [3.63, 3.8) is 0 Å². The zero-order valence-corrected chi connectivity index (χ0v) is 13.4. The van der Waals surface area contributed by atoms with Crippen LogP contribution >= 0.6 is 0 Å². The molecule has 0 bridgehead atoms. The molecule has 0 aliphatic carbocycles. The molecule has 0 radical (unpaired) electrons. The van der Waals surface area contributed by atoms with Gasteiger partial charge in [0, 0.05) is 5.69 Å². The SMILES string of the molecule is Cc1cccc(O[C@@H](C)CNc2ccccc2C(C)C)c1. The second kappa shape index (κ2) is 7.16. The standard InChI is InChI=1S/C19H25NO/c1-14(2)18-10-5-6-11-19(18)20-13-16(4)21-17-9-7-8-15(3)12-17/h5-12,14,16,20H,13H2,1-4H3/t16-/m0/s1. The van der Waals surface area contributed by atoms with Crippen molar-refractivity contribution in [2.75, 3.05) is 11.9 Å². The Hall–Kier alpha value is -1.96. The number of benzene rings is 2. The predicted octanol–water partition coefficient (Wildman–Crippen LogP) is 5.00. The second-order valence-electron chi connectivity index (χ2n) is 5.87. The highest BCUT2D eigenvalue weighted by Gasteiger charge is 2.08. The highest BCUT2D eigenvalue weighted by atomic mass is 16.5. The van der Waals surface area contributed by atoms with Gasteiger partial charge in [-0.3, -0.25) is 0 Å². The van der Waals surface area contributed by atoms with Gasteiger partial charge in [0.15, 0.2) is 0 Å². The third-order valence-corrected chi connectivity index (χ3v) is 3.49. The van der Waals surface area contributed by atoms with Crippen molar-refractivity contribution >= 4 is 5.69 Å². The van der Waals surface area contributed by atoms with Gasteiger partial charge >= 0.3 is 0 Å². The van der Waals surface area contributed by atoms with Gasteiger partial charge in [0.25, 0.3) is 0 Å². The Morgan fingerprint density at radius 2 is 1.76 bits per heavy atom. The molecule has 1 atom stereocenters. The predicted molar refractivity (Wildman–Crippen MR) is 90.3 cm³/mol. The minimum atomic E-state index is 0.118. The van der Waals surface area contributed by atoms with Crippen LogP contribution in [0.25, 0.3) is 0 Å². The normalized spacial score (nSPS) is 12.2. The molecule has 0 fully saturated rings. The quantitative estimate of drug-likeness (QED) is 0.805. The number of nitrogens with one attached hydrogen (secondary N) is 1. The number of para-hydroxylation sites is 1. The molecule has 21 heavy (non-hydrogen) atoms. The van der Waals surface area contributed by atoms with Crippen molar-refractivity contribution in [3.05, 3.63) is 59.7 Å². The lowest BCUT2D eigenvalue weighted by atomic mass is 10.0. The van der Waals surface area contributed by atoms with E-state index in [-0.39, 0.29) is 6.10 Å². The molecular weight excluding hydrogens is 258 g/mol. The van der Waals surface area contributed by atoms with E-state index in [1.54, 1.807) is 0 Å². The van der Waals surface area contributed by atoms with E-state index in [9.17, 15) is 0 Å². The highest BCUT2D eigenvalue weighted by Crippen LogP contribution is 2.23. The number of hydrogen-bond acceptors (Lipinski definition) is 2. The van der Waals surface area contributed by atoms with Crippen molar-refractivity contribution < 1.29 is 4.74 Å². The summed E-state index contributed by atoms with van der Waals surface area (Å²) in [7, 11) is 0. The lowest BCUT2D eigenvalue weighted by molar-refractivity contribution is 0.234. The first kappa shape index (κ1) is 15.4.